The van der Waals surface area contributed by atoms with Crippen LogP contribution in [0.1, 0.15) is 40.1 Å². The lowest BCUT2D eigenvalue weighted by molar-refractivity contribution is 0.634. The van der Waals surface area contributed by atoms with Crippen LogP contribution in [0, 0.1) is 20.8 Å². The van der Waals surface area contributed by atoms with Gasteiger partial charge in [0, 0.05) is 9.90 Å². The van der Waals surface area contributed by atoms with E-state index in [0.29, 0.717) is 0 Å². The van der Waals surface area contributed by atoms with Crippen LogP contribution in [0.25, 0.3) is 0 Å². The number of rotatable bonds is 4. The second-order valence-corrected chi connectivity index (χ2v) is 6.27. The van der Waals surface area contributed by atoms with E-state index < -0.39 is 0 Å². The van der Waals surface area contributed by atoms with Crippen LogP contribution in [-0.4, -0.2) is 6.54 Å². The number of hydrogen-bond acceptors (Lipinski definition) is 2. The molecule has 0 bridgehead atoms. The second kappa shape index (κ2) is 6.08. The van der Waals surface area contributed by atoms with Crippen molar-refractivity contribution in [2.75, 3.05) is 6.54 Å². The van der Waals surface area contributed by atoms with Gasteiger partial charge in [0.25, 0.3) is 0 Å². The Morgan fingerprint density at radius 3 is 2.47 bits per heavy atom. The van der Waals surface area contributed by atoms with Gasteiger partial charge in [0.2, 0.25) is 0 Å². The minimum Gasteiger partial charge on any atom is -0.306 e. The topological polar surface area (TPSA) is 12.0 Å². The molecule has 0 saturated heterocycles. The van der Waals surface area contributed by atoms with Crippen molar-refractivity contribution in [1.82, 2.24) is 5.32 Å². The molecule has 2 aromatic rings. The summed E-state index contributed by atoms with van der Waals surface area (Å²) >= 11 is 8.02. The Morgan fingerprint density at radius 2 is 1.89 bits per heavy atom. The molecule has 0 aliphatic heterocycles. The highest BCUT2D eigenvalue weighted by Crippen LogP contribution is 2.33. The molecule has 1 atom stereocenters. The molecular weight excluding hydrogens is 274 g/mol. The van der Waals surface area contributed by atoms with E-state index in [1.807, 2.05) is 11.3 Å². The van der Waals surface area contributed by atoms with E-state index in [1.165, 1.54) is 21.6 Å². The standard InChI is InChI=1S/C16H20ClNS/c1-5-18-15(16-10(2)6-7-19-16)13-8-12(4)14(17)9-11(13)3/h6-9,15,18H,5H2,1-4H3. The van der Waals surface area contributed by atoms with Gasteiger partial charge in [0.05, 0.1) is 6.04 Å². The summed E-state index contributed by atoms with van der Waals surface area (Å²) in [6, 6.07) is 6.73. The fourth-order valence-corrected chi connectivity index (χ4v) is 3.58. The molecule has 0 aliphatic rings. The molecule has 1 heterocycles. The third kappa shape index (κ3) is 3.02. The van der Waals surface area contributed by atoms with Gasteiger partial charge in [0.15, 0.2) is 0 Å². The van der Waals surface area contributed by atoms with Crippen molar-refractivity contribution in [2.45, 2.75) is 33.7 Å². The molecule has 0 aliphatic carbocycles. The monoisotopic (exact) mass is 293 g/mol. The summed E-state index contributed by atoms with van der Waals surface area (Å²) in [5.74, 6) is 0. The summed E-state index contributed by atoms with van der Waals surface area (Å²) in [7, 11) is 0. The molecule has 1 nitrogen and oxygen atoms in total. The van der Waals surface area contributed by atoms with Crippen LogP contribution >= 0.6 is 22.9 Å². The van der Waals surface area contributed by atoms with Crippen LogP contribution in [0.5, 0.6) is 0 Å². The van der Waals surface area contributed by atoms with E-state index in [4.69, 9.17) is 11.6 Å². The number of benzene rings is 1. The Bertz CT molecular complexity index is 574. The van der Waals surface area contributed by atoms with E-state index in [2.05, 4.69) is 56.6 Å². The maximum atomic E-state index is 6.21. The summed E-state index contributed by atoms with van der Waals surface area (Å²) in [5.41, 5.74) is 5.06. The Balaban J connectivity index is 2.51. The molecule has 102 valence electrons. The van der Waals surface area contributed by atoms with Crippen LogP contribution in [-0.2, 0) is 0 Å². The predicted molar refractivity (Wildman–Crippen MR) is 85.5 cm³/mol. The Kier molecular flexibility index (Phi) is 4.67. The molecule has 19 heavy (non-hydrogen) atoms. The highest BCUT2D eigenvalue weighted by atomic mass is 35.5. The molecule has 0 spiro atoms. The first-order valence-corrected chi connectivity index (χ1v) is 7.84. The zero-order chi connectivity index (χ0) is 14.0. The molecule has 0 fully saturated rings. The average molecular weight is 294 g/mol. The normalized spacial score (nSPS) is 12.7. The van der Waals surface area contributed by atoms with E-state index in [-0.39, 0.29) is 6.04 Å². The van der Waals surface area contributed by atoms with Gasteiger partial charge in [-0.05, 0) is 67.1 Å². The molecule has 3 heteroatoms. The van der Waals surface area contributed by atoms with Crippen molar-refractivity contribution >= 4 is 22.9 Å². The number of halogens is 1. The summed E-state index contributed by atoms with van der Waals surface area (Å²) in [6.45, 7) is 9.47. The van der Waals surface area contributed by atoms with Crippen molar-refractivity contribution in [3.05, 3.63) is 55.7 Å². The van der Waals surface area contributed by atoms with Gasteiger partial charge in [-0.15, -0.1) is 11.3 Å². The van der Waals surface area contributed by atoms with E-state index in [0.717, 1.165) is 17.1 Å². The molecule has 0 radical (unpaired) electrons. The Hall–Kier alpha value is -0.830. The quantitative estimate of drug-likeness (QED) is 0.834. The van der Waals surface area contributed by atoms with Crippen LogP contribution in [0.4, 0.5) is 0 Å². The molecule has 1 aromatic carbocycles. The minimum absolute atomic E-state index is 0.265. The van der Waals surface area contributed by atoms with Crippen LogP contribution in [0.2, 0.25) is 5.02 Å². The molecule has 2 rings (SSSR count). The third-order valence-electron chi connectivity index (χ3n) is 3.43. The number of hydrogen-bond donors (Lipinski definition) is 1. The van der Waals surface area contributed by atoms with Crippen LogP contribution in [0.15, 0.2) is 23.6 Å². The Morgan fingerprint density at radius 1 is 1.16 bits per heavy atom. The lowest BCUT2D eigenvalue weighted by Gasteiger charge is -2.21. The zero-order valence-corrected chi connectivity index (χ0v) is 13.5. The van der Waals surface area contributed by atoms with Crippen LogP contribution in [0.3, 0.4) is 0 Å². The first-order valence-electron chi connectivity index (χ1n) is 6.58. The lowest BCUT2D eigenvalue weighted by Crippen LogP contribution is -2.22. The average Bonchev–Trinajstić information content (AvgIpc) is 2.77. The van der Waals surface area contributed by atoms with Crippen molar-refractivity contribution in [2.24, 2.45) is 0 Å². The smallest absolute Gasteiger partial charge is 0.0676 e. The predicted octanol–water partition coefficient (Wildman–Crippen LogP) is 5.03. The highest BCUT2D eigenvalue weighted by Gasteiger charge is 2.19. The zero-order valence-electron chi connectivity index (χ0n) is 11.9. The lowest BCUT2D eigenvalue weighted by atomic mass is 9.96. The van der Waals surface area contributed by atoms with Crippen molar-refractivity contribution in [1.29, 1.82) is 0 Å². The number of aryl methyl sites for hydroxylation is 3. The molecule has 1 unspecified atom stereocenters. The van der Waals surface area contributed by atoms with Gasteiger partial charge >= 0.3 is 0 Å². The van der Waals surface area contributed by atoms with Gasteiger partial charge < -0.3 is 5.32 Å². The maximum Gasteiger partial charge on any atom is 0.0676 e. The van der Waals surface area contributed by atoms with E-state index in [9.17, 15) is 0 Å². The molecule has 1 N–H and O–H groups in total. The SMILES string of the molecule is CCNC(c1cc(C)c(Cl)cc1C)c1sccc1C. The van der Waals surface area contributed by atoms with Gasteiger partial charge in [-0.3, -0.25) is 0 Å². The summed E-state index contributed by atoms with van der Waals surface area (Å²) in [5, 5.41) is 6.60. The van der Waals surface area contributed by atoms with Crippen molar-refractivity contribution < 1.29 is 0 Å². The summed E-state index contributed by atoms with van der Waals surface area (Å²) in [6.07, 6.45) is 0. The molecular formula is C16H20ClNS. The van der Waals surface area contributed by atoms with E-state index in [1.54, 1.807) is 0 Å². The maximum absolute atomic E-state index is 6.21. The number of nitrogens with one attached hydrogen (secondary N) is 1. The molecule has 1 aromatic heterocycles. The van der Waals surface area contributed by atoms with Crippen LogP contribution < -0.4 is 5.32 Å². The van der Waals surface area contributed by atoms with Gasteiger partial charge in [-0.25, -0.2) is 0 Å². The highest BCUT2D eigenvalue weighted by molar-refractivity contribution is 7.10. The second-order valence-electron chi connectivity index (χ2n) is 4.92. The largest absolute Gasteiger partial charge is 0.306 e. The van der Waals surface area contributed by atoms with Gasteiger partial charge in [-0.1, -0.05) is 24.6 Å². The van der Waals surface area contributed by atoms with Crippen molar-refractivity contribution in [3.8, 4) is 0 Å². The van der Waals surface area contributed by atoms with Gasteiger partial charge in [-0.2, -0.15) is 0 Å². The Labute approximate surface area is 124 Å². The molecule has 0 saturated carbocycles. The van der Waals surface area contributed by atoms with E-state index >= 15 is 0 Å². The number of thiophene rings is 1. The fourth-order valence-electron chi connectivity index (χ4n) is 2.34. The summed E-state index contributed by atoms with van der Waals surface area (Å²) in [4.78, 5) is 1.40. The minimum atomic E-state index is 0.265. The fraction of sp³-hybridized carbons (Fsp3) is 0.375. The third-order valence-corrected chi connectivity index (χ3v) is 4.92. The first kappa shape index (κ1) is 14.6. The van der Waals surface area contributed by atoms with Gasteiger partial charge in [0.1, 0.15) is 0 Å². The summed E-state index contributed by atoms with van der Waals surface area (Å²) < 4.78 is 0. The van der Waals surface area contributed by atoms with Crippen molar-refractivity contribution in [3.63, 3.8) is 0 Å². The first-order chi connectivity index (χ1) is 9.04. The molecule has 0 amide bonds.